The number of rotatable bonds is 4. The van der Waals surface area contributed by atoms with Crippen LogP contribution >= 0.6 is 27.5 Å². The average molecular weight is 482 g/mol. The predicted molar refractivity (Wildman–Crippen MR) is 120 cm³/mol. The Kier molecular flexibility index (Phi) is 4.72. The number of halogens is 2. The van der Waals surface area contributed by atoms with E-state index in [4.69, 9.17) is 16.3 Å². The van der Waals surface area contributed by atoms with Crippen molar-refractivity contribution in [2.75, 3.05) is 5.32 Å². The van der Waals surface area contributed by atoms with E-state index in [0.29, 0.717) is 26.7 Å². The van der Waals surface area contributed by atoms with E-state index in [0.717, 1.165) is 28.4 Å². The fraction of sp³-hybridized carbons (Fsp3) is 0.0476. The number of aromatic nitrogens is 5. The molecule has 0 bridgehead atoms. The van der Waals surface area contributed by atoms with E-state index >= 15 is 0 Å². The van der Waals surface area contributed by atoms with Crippen LogP contribution in [-0.2, 0) is 0 Å². The molecule has 4 heterocycles. The number of ether oxygens (including phenoxy) is 1. The third-order valence-corrected chi connectivity index (χ3v) is 5.08. The predicted octanol–water partition coefficient (Wildman–Crippen LogP) is 5.93. The van der Waals surface area contributed by atoms with Crippen LogP contribution in [0.3, 0.4) is 0 Å². The minimum atomic E-state index is 0.380. The van der Waals surface area contributed by atoms with Gasteiger partial charge in [-0.3, -0.25) is 0 Å². The highest BCUT2D eigenvalue weighted by molar-refractivity contribution is 9.10. The lowest BCUT2D eigenvalue weighted by Gasteiger charge is -2.13. The largest absolute Gasteiger partial charge is 0.457 e. The zero-order valence-corrected chi connectivity index (χ0v) is 18.0. The van der Waals surface area contributed by atoms with E-state index in [-0.39, 0.29) is 0 Å². The molecule has 5 aromatic rings. The molecule has 7 nitrogen and oxygen atoms in total. The molecule has 1 aromatic carbocycles. The molecule has 4 aromatic heterocycles. The molecule has 0 aliphatic rings. The lowest BCUT2D eigenvalue weighted by molar-refractivity contribution is 0.478. The van der Waals surface area contributed by atoms with Crippen molar-refractivity contribution in [3.05, 3.63) is 76.5 Å². The third kappa shape index (κ3) is 3.67. The quantitative estimate of drug-likeness (QED) is 0.253. The van der Waals surface area contributed by atoms with Crippen LogP contribution in [0.2, 0.25) is 5.15 Å². The highest BCUT2D eigenvalue weighted by Gasteiger charge is 2.11. The van der Waals surface area contributed by atoms with Gasteiger partial charge in [-0.05, 0) is 64.8 Å². The Balaban J connectivity index is 1.43. The molecular weight excluding hydrogens is 468 g/mol. The van der Waals surface area contributed by atoms with E-state index in [9.17, 15) is 0 Å². The van der Waals surface area contributed by atoms with Crippen LogP contribution in [0.25, 0.3) is 16.7 Å². The maximum Gasteiger partial charge on any atom is 0.199 e. The van der Waals surface area contributed by atoms with Crippen molar-refractivity contribution in [3.63, 3.8) is 0 Å². The maximum absolute atomic E-state index is 6.06. The average Bonchev–Trinajstić information content (AvgIpc) is 3.18. The summed E-state index contributed by atoms with van der Waals surface area (Å²) in [5.74, 6) is 2.04. The number of nitrogens with zero attached hydrogens (tertiary/aromatic N) is 5. The van der Waals surface area contributed by atoms with Crippen molar-refractivity contribution in [2.45, 2.75) is 6.92 Å². The van der Waals surface area contributed by atoms with Crippen molar-refractivity contribution < 1.29 is 4.74 Å². The Hall–Kier alpha value is -3.23. The second kappa shape index (κ2) is 7.55. The van der Waals surface area contributed by atoms with Crippen LogP contribution in [0.5, 0.6) is 11.5 Å². The fourth-order valence-electron chi connectivity index (χ4n) is 3.11. The minimum absolute atomic E-state index is 0.380. The smallest absolute Gasteiger partial charge is 0.199 e. The van der Waals surface area contributed by atoms with Gasteiger partial charge >= 0.3 is 0 Å². The van der Waals surface area contributed by atoms with Crippen LogP contribution < -0.4 is 10.1 Å². The molecule has 30 heavy (non-hydrogen) atoms. The Bertz CT molecular complexity index is 1400. The summed E-state index contributed by atoms with van der Waals surface area (Å²) >= 11 is 9.40. The monoisotopic (exact) mass is 480 g/mol. The summed E-state index contributed by atoms with van der Waals surface area (Å²) in [6.07, 6.45) is 5.56. The Morgan fingerprint density at radius 1 is 1.03 bits per heavy atom. The summed E-state index contributed by atoms with van der Waals surface area (Å²) in [5, 5.41) is 3.68. The molecular formula is C21H14BrClN6O. The number of imidazole rings is 1. The van der Waals surface area contributed by atoms with Gasteiger partial charge in [0, 0.05) is 30.3 Å². The lowest BCUT2D eigenvalue weighted by Crippen LogP contribution is -2.00. The number of hydrogen-bond acceptors (Lipinski definition) is 6. The van der Waals surface area contributed by atoms with Gasteiger partial charge in [0.25, 0.3) is 0 Å². The number of nitrogens with one attached hydrogen (secondary N) is 1. The third-order valence-electron chi connectivity index (χ3n) is 4.52. The van der Waals surface area contributed by atoms with Gasteiger partial charge < -0.3 is 14.5 Å². The molecule has 0 unspecified atom stereocenters. The Morgan fingerprint density at radius 3 is 2.80 bits per heavy atom. The first-order chi connectivity index (χ1) is 14.5. The summed E-state index contributed by atoms with van der Waals surface area (Å²) in [6, 6.07) is 13.1. The number of hydrogen-bond donors (Lipinski definition) is 1. The highest BCUT2D eigenvalue weighted by atomic mass is 79.9. The molecule has 0 aliphatic heterocycles. The van der Waals surface area contributed by atoms with Crippen molar-refractivity contribution in [1.82, 2.24) is 24.3 Å². The first-order valence-electron chi connectivity index (χ1n) is 9.03. The first-order valence-corrected chi connectivity index (χ1v) is 10.2. The second-order valence-electron chi connectivity index (χ2n) is 6.61. The van der Waals surface area contributed by atoms with Gasteiger partial charge in [0.15, 0.2) is 10.6 Å². The summed E-state index contributed by atoms with van der Waals surface area (Å²) in [4.78, 5) is 17.4. The number of pyridine rings is 2. The molecule has 148 valence electrons. The molecule has 0 fully saturated rings. The summed E-state index contributed by atoms with van der Waals surface area (Å²) < 4.78 is 8.45. The number of fused-ring (bicyclic) bond motifs is 2. The zero-order valence-electron chi connectivity index (χ0n) is 15.7. The summed E-state index contributed by atoms with van der Waals surface area (Å²) in [6.45, 7) is 1.98. The van der Waals surface area contributed by atoms with Gasteiger partial charge in [0.2, 0.25) is 0 Å². The van der Waals surface area contributed by atoms with Crippen LogP contribution in [0, 0.1) is 6.92 Å². The summed E-state index contributed by atoms with van der Waals surface area (Å²) in [7, 11) is 0. The lowest BCUT2D eigenvalue weighted by atomic mass is 10.2. The number of aryl methyl sites for hydroxylation is 1. The molecule has 0 saturated heterocycles. The van der Waals surface area contributed by atoms with E-state index in [1.165, 1.54) is 0 Å². The van der Waals surface area contributed by atoms with Gasteiger partial charge in [0.05, 0.1) is 5.52 Å². The van der Waals surface area contributed by atoms with Gasteiger partial charge in [-0.1, -0.05) is 11.6 Å². The molecule has 0 amide bonds. The molecule has 0 atom stereocenters. The molecule has 1 N–H and O–H groups in total. The number of anilines is 2. The molecule has 5 rings (SSSR count). The Morgan fingerprint density at radius 2 is 1.93 bits per heavy atom. The van der Waals surface area contributed by atoms with Crippen LogP contribution in [-0.4, -0.2) is 24.3 Å². The molecule has 0 spiro atoms. The van der Waals surface area contributed by atoms with Gasteiger partial charge in [-0.2, -0.15) is 0 Å². The highest BCUT2D eigenvalue weighted by Crippen LogP contribution is 2.30. The molecule has 9 heteroatoms. The van der Waals surface area contributed by atoms with Crippen LogP contribution in [0.1, 0.15) is 5.56 Å². The van der Waals surface area contributed by atoms with Crippen molar-refractivity contribution in [1.29, 1.82) is 0 Å². The molecule has 0 radical (unpaired) electrons. The number of benzene rings is 1. The van der Waals surface area contributed by atoms with Crippen molar-refractivity contribution in [2.24, 2.45) is 0 Å². The Labute approximate surface area is 184 Å². The summed E-state index contributed by atoms with van der Waals surface area (Å²) in [5.41, 5.74) is 3.92. The SMILES string of the molecule is Cc1cc(Nc2nc(Br)nc3ccc(Cl)nc23)ccc1Oc1ccn2ccnc2c1. The first kappa shape index (κ1) is 18.8. The minimum Gasteiger partial charge on any atom is -0.457 e. The molecule has 0 saturated carbocycles. The van der Waals surface area contributed by atoms with Crippen LogP contribution in [0.4, 0.5) is 11.5 Å². The molecule has 0 aliphatic carbocycles. The standard InChI is InChI=1S/C21H14BrClN6O/c1-12-10-13(25-20-19-15(26-21(22)28-20)3-5-17(23)27-19)2-4-16(12)30-14-6-8-29-9-7-24-18(29)11-14/h2-11H,1H3,(H,25,26,28). The van der Waals surface area contributed by atoms with E-state index in [1.54, 1.807) is 18.3 Å². The van der Waals surface area contributed by atoms with Gasteiger partial charge in [-0.25, -0.2) is 19.9 Å². The van der Waals surface area contributed by atoms with E-state index < -0.39 is 0 Å². The maximum atomic E-state index is 6.06. The van der Waals surface area contributed by atoms with Crippen LogP contribution in [0.15, 0.2) is 65.8 Å². The van der Waals surface area contributed by atoms with E-state index in [1.807, 2.05) is 54.0 Å². The topological polar surface area (TPSA) is 77.2 Å². The van der Waals surface area contributed by atoms with Crippen molar-refractivity contribution >= 4 is 55.7 Å². The van der Waals surface area contributed by atoms with Gasteiger partial charge in [0.1, 0.15) is 27.8 Å². The zero-order chi connectivity index (χ0) is 20.7. The van der Waals surface area contributed by atoms with Gasteiger partial charge in [-0.15, -0.1) is 0 Å². The normalized spacial score (nSPS) is 11.2. The second-order valence-corrected chi connectivity index (χ2v) is 7.70. The fourth-order valence-corrected chi connectivity index (χ4v) is 3.63. The van der Waals surface area contributed by atoms with Crippen molar-refractivity contribution in [3.8, 4) is 11.5 Å². The van der Waals surface area contributed by atoms with E-state index in [2.05, 4.69) is 41.2 Å².